The van der Waals surface area contributed by atoms with Crippen LogP contribution in [0.1, 0.15) is 21.7 Å². The van der Waals surface area contributed by atoms with Crippen molar-refractivity contribution in [2.24, 2.45) is 0 Å². The van der Waals surface area contributed by atoms with E-state index in [1.807, 2.05) is 0 Å². The lowest BCUT2D eigenvalue weighted by Gasteiger charge is -2.07. The van der Waals surface area contributed by atoms with Crippen molar-refractivity contribution in [1.82, 2.24) is 4.72 Å². The van der Waals surface area contributed by atoms with E-state index >= 15 is 0 Å². The third-order valence-corrected chi connectivity index (χ3v) is 4.04. The Labute approximate surface area is 115 Å². The van der Waals surface area contributed by atoms with Crippen LogP contribution in [0.25, 0.3) is 0 Å². The number of rotatable bonds is 3. The first-order valence-corrected chi connectivity index (χ1v) is 7.17. The highest BCUT2D eigenvalue weighted by Gasteiger charge is 2.24. The Balaban J connectivity index is 2.32. The number of sulfonamides is 1. The molecule has 0 aliphatic rings. The van der Waals surface area contributed by atoms with Gasteiger partial charge in [-0.2, -0.15) is 0 Å². The summed E-state index contributed by atoms with van der Waals surface area (Å²) in [5.74, 6) is -1.98. The van der Waals surface area contributed by atoms with Crippen LogP contribution in [-0.2, 0) is 10.0 Å². The van der Waals surface area contributed by atoms with Gasteiger partial charge >= 0.3 is 5.91 Å². The zero-order valence-corrected chi connectivity index (χ0v) is 11.6. The molecule has 2 rings (SSSR count). The number of hydrogen-bond acceptors (Lipinski definition) is 4. The van der Waals surface area contributed by atoms with Gasteiger partial charge in [-0.15, -0.1) is 0 Å². The van der Waals surface area contributed by atoms with Crippen LogP contribution in [0.4, 0.5) is 4.39 Å². The van der Waals surface area contributed by atoms with E-state index in [4.69, 9.17) is 4.42 Å². The van der Waals surface area contributed by atoms with Crippen LogP contribution < -0.4 is 4.72 Å². The summed E-state index contributed by atoms with van der Waals surface area (Å²) in [5, 5.41) is 0. The van der Waals surface area contributed by atoms with Crippen LogP contribution in [0.2, 0.25) is 0 Å². The third kappa shape index (κ3) is 2.72. The van der Waals surface area contributed by atoms with Crippen LogP contribution in [-0.4, -0.2) is 14.3 Å². The van der Waals surface area contributed by atoms with E-state index in [0.717, 1.165) is 12.1 Å². The monoisotopic (exact) mass is 297 g/mol. The second-order valence-electron chi connectivity index (χ2n) is 4.30. The lowest BCUT2D eigenvalue weighted by Crippen LogP contribution is -2.31. The predicted octanol–water partition coefficient (Wildman–Crippen LogP) is 2.15. The molecule has 1 heterocycles. The Morgan fingerprint density at radius 2 is 1.95 bits per heavy atom. The number of amides is 1. The fraction of sp³-hybridized carbons (Fsp3) is 0.154. The molecule has 7 heteroatoms. The summed E-state index contributed by atoms with van der Waals surface area (Å²) in [5.41, 5.74) is 1.07. The average Bonchev–Trinajstić information content (AvgIpc) is 2.74. The highest BCUT2D eigenvalue weighted by molar-refractivity contribution is 7.90. The highest BCUT2D eigenvalue weighted by Crippen LogP contribution is 2.17. The van der Waals surface area contributed by atoms with Crippen molar-refractivity contribution in [2.75, 3.05) is 0 Å². The minimum atomic E-state index is -4.28. The van der Waals surface area contributed by atoms with E-state index in [9.17, 15) is 17.6 Å². The molecule has 0 radical (unpaired) electrons. The number of aryl methyl sites for hydroxylation is 2. The van der Waals surface area contributed by atoms with Crippen molar-refractivity contribution in [1.29, 1.82) is 0 Å². The Bertz CT molecular complexity index is 764. The summed E-state index contributed by atoms with van der Waals surface area (Å²) < 4.78 is 44.3. The van der Waals surface area contributed by atoms with E-state index in [2.05, 4.69) is 0 Å². The third-order valence-electron chi connectivity index (χ3n) is 2.67. The summed E-state index contributed by atoms with van der Waals surface area (Å²) in [6.45, 7) is 3.22. The Hall–Kier alpha value is -2.15. The molecule has 0 spiro atoms. The minimum absolute atomic E-state index is 0.124. The van der Waals surface area contributed by atoms with Gasteiger partial charge < -0.3 is 4.42 Å². The Morgan fingerprint density at radius 1 is 1.25 bits per heavy atom. The number of carbonyl (C=O) groups excluding carboxylic acids is 1. The lowest BCUT2D eigenvalue weighted by molar-refractivity contribution is 0.0953. The Morgan fingerprint density at radius 3 is 2.50 bits per heavy atom. The molecular weight excluding hydrogens is 285 g/mol. The van der Waals surface area contributed by atoms with E-state index in [1.54, 1.807) is 18.6 Å². The summed E-state index contributed by atoms with van der Waals surface area (Å²) in [6.07, 6.45) is 1.27. The normalized spacial score (nSPS) is 11.3. The van der Waals surface area contributed by atoms with Gasteiger partial charge in [0.25, 0.3) is 10.0 Å². The van der Waals surface area contributed by atoms with Crippen molar-refractivity contribution in [3.63, 3.8) is 0 Å². The predicted molar refractivity (Wildman–Crippen MR) is 69.2 cm³/mol. The van der Waals surface area contributed by atoms with E-state index in [-0.39, 0.29) is 5.76 Å². The molecule has 2 aromatic rings. The standard InChI is InChI=1S/C13H12FNO4S/c1-8-3-4-11(10(14)7-8)20(17,18)15-13(16)12-9(2)5-6-19-12/h3-7H,1-2H3,(H,15,16). The van der Waals surface area contributed by atoms with Gasteiger partial charge in [0, 0.05) is 5.56 Å². The largest absolute Gasteiger partial charge is 0.459 e. The quantitative estimate of drug-likeness (QED) is 0.941. The van der Waals surface area contributed by atoms with Gasteiger partial charge in [0.2, 0.25) is 0 Å². The zero-order chi connectivity index (χ0) is 14.9. The molecule has 0 bridgehead atoms. The maximum atomic E-state index is 13.7. The van der Waals surface area contributed by atoms with E-state index in [0.29, 0.717) is 11.1 Å². The first-order chi connectivity index (χ1) is 9.31. The molecule has 0 saturated heterocycles. The molecule has 1 N–H and O–H groups in total. The topological polar surface area (TPSA) is 76.4 Å². The van der Waals surface area contributed by atoms with Gasteiger partial charge in [0.05, 0.1) is 6.26 Å². The summed E-state index contributed by atoms with van der Waals surface area (Å²) in [6, 6.07) is 5.15. The molecule has 0 aliphatic carbocycles. The first-order valence-electron chi connectivity index (χ1n) is 5.68. The van der Waals surface area contributed by atoms with Gasteiger partial charge in [-0.25, -0.2) is 17.5 Å². The summed E-state index contributed by atoms with van der Waals surface area (Å²) in [7, 11) is -4.28. The number of carbonyl (C=O) groups is 1. The number of halogens is 1. The lowest BCUT2D eigenvalue weighted by atomic mass is 10.2. The Kier molecular flexibility index (Phi) is 3.63. The maximum absolute atomic E-state index is 13.7. The second kappa shape index (κ2) is 5.09. The van der Waals surface area contributed by atoms with Gasteiger partial charge in [0.15, 0.2) is 5.76 Å². The molecule has 0 saturated carbocycles. The van der Waals surface area contributed by atoms with Crippen LogP contribution in [0.3, 0.4) is 0 Å². The van der Waals surface area contributed by atoms with Crippen LogP contribution in [0.5, 0.6) is 0 Å². The van der Waals surface area contributed by atoms with Crippen molar-refractivity contribution in [3.05, 3.63) is 53.2 Å². The highest BCUT2D eigenvalue weighted by atomic mass is 32.2. The fourth-order valence-corrected chi connectivity index (χ4v) is 2.66. The van der Waals surface area contributed by atoms with Crippen molar-refractivity contribution in [3.8, 4) is 0 Å². The molecule has 0 fully saturated rings. The molecule has 0 aliphatic heterocycles. The maximum Gasteiger partial charge on any atom is 0.300 e. The summed E-state index contributed by atoms with van der Waals surface area (Å²) in [4.78, 5) is 11.2. The average molecular weight is 297 g/mol. The number of benzene rings is 1. The van der Waals surface area contributed by atoms with Crippen LogP contribution >= 0.6 is 0 Å². The summed E-state index contributed by atoms with van der Waals surface area (Å²) >= 11 is 0. The molecule has 5 nitrogen and oxygen atoms in total. The van der Waals surface area contributed by atoms with Crippen LogP contribution in [0, 0.1) is 19.7 Å². The number of nitrogens with one attached hydrogen (secondary N) is 1. The number of hydrogen-bond donors (Lipinski definition) is 1. The van der Waals surface area contributed by atoms with Gasteiger partial charge in [-0.05, 0) is 37.6 Å². The molecule has 0 atom stereocenters. The number of furan rings is 1. The SMILES string of the molecule is Cc1ccc(S(=O)(=O)NC(=O)c2occc2C)c(F)c1. The minimum Gasteiger partial charge on any atom is -0.459 e. The van der Waals surface area contributed by atoms with E-state index < -0.39 is 26.6 Å². The molecule has 1 aromatic heterocycles. The second-order valence-corrected chi connectivity index (χ2v) is 5.95. The van der Waals surface area contributed by atoms with Gasteiger partial charge in [0.1, 0.15) is 10.7 Å². The molecular formula is C13H12FNO4S. The first kappa shape index (κ1) is 14.3. The molecule has 20 heavy (non-hydrogen) atoms. The molecule has 1 aromatic carbocycles. The van der Waals surface area contributed by atoms with Crippen molar-refractivity contribution in [2.45, 2.75) is 18.7 Å². The fourth-order valence-electron chi connectivity index (χ4n) is 1.65. The molecule has 106 valence electrons. The van der Waals surface area contributed by atoms with E-state index in [1.165, 1.54) is 18.4 Å². The molecule has 1 amide bonds. The zero-order valence-electron chi connectivity index (χ0n) is 10.8. The van der Waals surface area contributed by atoms with Crippen molar-refractivity contribution < 1.29 is 22.0 Å². The van der Waals surface area contributed by atoms with Crippen molar-refractivity contribution >= 4 is 15.9 Å². The molecule has 0 unspecified atom stereocenters. The van der Waals surface area contributed by atoms with Gasteiger partial charge in [-0.1, -0.05) is 6.07 Å². The van der Waals surface area contributed by atoms with Crippen LogP contribution in [0.15, 0.2) is 39.8 Å². The van der Waals surface area contributed by atoms with Gasteiger partial charge in [-0.3, -0.25) is 4.79 Å². The smallest absolute Gasteiger partial charge is 0.300 e.